The lowest BCUT2D eigenvalue weighted by atomic mass is 9.96. The second-order valence-corrected chi connectivity index (χ2v) is 5.06. The van der Waals surface area contributed by atoms with E-state index in [1.165, 1.54) is 12.1 Å². The number of hydrogen-bond donors (Lipinski definition) is 1. The maximum atomic E-state index is 12.6. The minimum atomic E-state index is -4.26. The highest BCUT2D eigenvalue weighted by atomic mass is 19.4. The molecule has 1 heterocycles. The molecular weight excluding hydrogens is 255 g/mol. The van der Waals surface area contributed by atoms with E-state index < -0.39 is 11.7 Å². The van der Waals surface area contributed by atoms with E-state index in [0.717, 1.165) is 24.6 Å². The second-order valence-electron chi connectivity index (χ2n) is 5.06. The van der Waals surface area contributed by atoms with Gasteiger partial charge in [0.2, 0.25) is 0 Å². The molecule has 1 fully saturated rings. The van der Waals surface area contributed by atoms with Crippen LogP contribution in [0.1, 0.15) is 17.5 Å². The van der Waals surface area contributed by atoms with E-state index in [1.807, 2.05) is 0 Å². The largest absolute Gasteiger partial charge is 0.416 e. The fraction of sp³-hybridized carbons (Fsp3) is 0.571. The number of halogens is 3. The number of benzene rings is 1. The standard InChI is InChI=1S/C14H18F3NO/c1-19-9-13-7-11(8-18-13)5-10-3-2-4-12(6-10)14(15,16)17/h2-4,6,11,13,18H,5,7-9H2,1H3. The Kier molecular flexibility index (Phi) is 4.47. The van der Waals surface area contributed by atoms with E-state index in [4.69, 9.17) is 4.74 Å². The molecule has 1 saturated heterocycles. The molecule has 0 bridgehead atoms. The van der Waals surface area contributed by atoms with Crippen LogP contribution >= 0.6 is 0 Å². The van der Waals surface area contributed by atoms with Gasteiger partial charge in [-0.25, -0.2) is 0 Å². The zero-order valence-electron chi connectivity index (χ0n) is 10.8. The van der Waals surface area contributed by atoms with Crippen LogP contribution in [-0.2, 0) is 17.3 Å². The number of ether oxygens (including phenoxy) is 1. The first kappa shape index (κ1) is 14.3. The van der Waals surface area contributed by atoms with Gasteiger partial charge in [0.05, 0.1) is 12.2 Å². The highest BCUT2D eigenvalue weighted by Crippen LogP contribution is 2.30. The van der Waals surface area contributed by atoms with Gasteiger partial charge >= 0.3 is 6.18 Å². The number of methoxy groups -OCH3 is 1. The average molecular weight is 273 g/mol. The minimum Gasteiger partial charge on any atom is -0.383 e. The average Bonchev–Trinajstić information content (AvgIpc) is 2.76. The van der Waals surface area contributed by atoms with Crippen LogP contribution in [0.15, 0.2) is 24.3 Å². The second kappa shape index (κ2) is 5.92. The van der Waals surface area contributed by atoms with E-state index in [-0.39, 0.29) is 0 Å². The molecule has 1 aromatic carbocycles. The van der Waals surface area contributed by atoms with E-state index in [9.17, 15) is 13.2 Å². The zero-order valence-corrected chi connectivity index (χ0v) is 10.8. The van der Waals surface area contributed by atoms with Gasteiger partial charge in [-0.2, -0.15) is 13.2 Å². The molecule has 106 valence electrons. The SMILES string of the molecule is COCC1CC(Cc2cccc(C(F)(F)F)c2)CN1. The molecule has 1 aliphatic rings. The molecule has 0 radical (unpaired) electrons. The molecule has 0 aliphatic carbocycles. The van der Waals surface area contributed by atoms with E-state index >= 15 is 0 Å². The van der Waals surface area contributed by atoms with Gasteiger partial charge in [0.1, 0.15) is 0 Å². The predicted octanol–water partition coefficient (Wildman–Crippen LogP) is 2.87. The summed E-state index contributed by atoms with van der Waals surface area (Å²) in [5.74, 6) is 0.378. The smallest absolute Gasteiger partial charge is 0.383 e. The van der Waals surface area contributed by atoms with Crippen LogP contribution in [0.5, 0.6) is 0 Å². The molecule has 2 nitrogen and oxygen atoms in total. The topological polar surface area (TPSA) is 21.3 Å². The summed E-state index contributed by atoms with van der Waals surface area (Å²) < 4.78 is 42.9. The number of alkyl halides is 3. The van der Waals surface area contributed by atoms with Gasteiger partial charge in [0, 0.05) is 13.2 Å². The molecule has 1 aromatic rings. The van der Waals surface area contributed by atoms with Gasteiger partial charge in [-0.1, -0.05) is 18.2 Å². The molecule has 1 N–H and O–H groups in total. The van der Waals surface area contributed by atoms with E-state index in [1.54, 1.807) is 13.2 Å². The summed E-state index contributed by atoms with van der Waals surface area (Å²) in [5.41, 5.74) is 0.184. The monoisotopic (exact) mass is 273 g/mol. The number of rotatable bonds is 4. The van der Waals surface area contributed by atoms with Gasteiger partial charge in [-0.3, -0.25) is 0 Å². The van der Waals surface area contributed by atoms with Crippen LogP contribution in [-0.4, -0.2) is 26.3 Å². The van der Waals surface area contributed by atoms with Crippen LogP contribution in [0.25, 0.3) is 0 Å². The highest BCUT2D eigenvalue weighted by Gasteiger charge is 2.31. The molecule has 2 atom stereocenters. The van der Waals surface area contributed by atoms with Crippen molar-refractivity contribution in [2.75, 3.05) is 20.3 Å². The van der Waals surface area contributed by atoms with Gasteiger partial charge in [-0.15, -0.1) is 0 Å². The lowest BCUT2D eigenvalue weighted by Gasteiger charge is -2.12. The Morgan fingerprint density at radius 1 is 1.37 bits per heavy atom. The molecule has 0 aromatic heterocycles. The van der Waals surface area contributed by atoms with Crippen LogP contribution in [0.3, 0.4) is 0 Å². The van der Waals surface area contributed by atoms with Crippen molar-refractivity contribution in [1.29, 1.82) is 0 Å². The third kappa shape index (κ3) is 3.94. The van der Waals surface area contributed by atoms with Gasteiger partial charge in [-0.05, 0) is 36.9 Å². The van der Waals surface area contributed by atoms with E-state index in [0.29, 0.717) is 25.0 Å². The summed E-state index contributed by atoms with van der Waals surface area (Å²) >= 11 is 0. The van der Waals surface area contributed by atoms with Crippen molar-refractivity contribution in [1.82, 2.24) is 5.32 Å². The molecule has 2 rings (SSSR count). The normalized spacial score (nSPS) is 23.8. The summed E-state index contributed by atoms with van der Waals surface area (Å²) in [5, 5.41) is 3.33. The Balaban J connectivity index is 1.97. The van der Waals surface area contributed by atoms with Crippen molar-refractivity contribution in [2.24, 2.45) is 5.92 Å². The molecule has 0 saturated carbocycles. The van der Waals surface area contributed by atoms with Gasteiger partial charge in [0.15, 0.2) is 0 Å². The Hall–Kier alpha value is -1.07. The zero-order chi connectivity index (χ0) is 13.9. The lowest BCUT2D eigenvalue weighted by molar-refractivity contribution is -0.137. The maximum absolute atomic E-state index is 12.6. The first-order chi connectivity index (χ1) is 8.99. The van der Waals surface area contributed by atoms with Crippen LogP contribution in [0.4, 0.5) is 13.2 Å². The van der Waals surface area contributed by atoms with Gasteiger partial charge in [0.25, 0.3) is 0 Å². The van der Waals surface area contributed by atoms with Crippen LogP contribution in [0.2, 0.25) is 0 Å². The molecule has 1 aliphatic heterocycles. The Labute approximate surface area is 111 Å². The number of nitrogens with one attached hydrogen (secondary N) is 1. The van der Waals surface area contributed by atoms with Crippen molar-refractivity contribution in [3.05, 3.63) is 35.4 Å². The summed E-state index contributed by atoms with van der Waals surface area (Å²) in [6.45, 7) is 1.49. The molecule has 0 spiro atoms. The number of hydrogen-bond acceptors (Lipinski definition) is 2. The van der Waals surface area contributed by atoms with Crippen LogP contribution in [0, 0.1) is 5.92 Å². The Morgan fingerprint density at radius 2 is 2.16 bits per heavy atom. The molecule has 19 heavy (non-hydrogen) atoms. The maximum Gasteiger partial charge on any atom is 0.416 e. The summed E-state index contributed by atoms with van der Waals surface area (Å²) in [4.78, 5) is 0. The minimum absolute atomic E-state index is 0.320. The van der Waals surface area contributed by atoms with Gasteiger partial charge < -0.3 is 10.1 Å². The third-order valence-corrected chi connectivity index (χ3v) is 3.46. The van der Waals surface area contributed by atoms with Crippen molar-refractivity contribution in [2.45, 2.75) is 25.1 Å². The van der Waals surface area contributed by atoms with Crippen molar-refractivity contribution in [3.8, 4) is 0 Å². The fourth-order valence-electron chi connectivity index (χ4n) is 2.59. The molecular formula is C14H18F3NO. The molecule has 2 unspecified atom stereocenters. The molecule has 0 amide bonds. The van der Waals surface area contributed by atoms with E-state index in [2.05, 4.69) is 5.32 Å². The summed E-state index contributed by atoms with van der Waals surface area (Å²) in [6, 6.07) is 5.93. The quantitative estimate of drug-likeness (QED) is 0.910. The summed E-state index contributed by atoms with van der Waals surface area (Å²) in [7, 11) is 1.65. The Bertz CT molecular complexity index is 419. The molecule has 5 heteroatoms. The van der Waals surface area contributed by atoms with Crippen LogP contribution < -0.4 is 5.32 Å². The van der Waals surface area contributed by atoms with Crippen molar-refractivity contribution in [3.63, 3.8) is 0 Å². The first-order valence-electron chi connectivity index (χ1n) is 6.37. The highest BCUT2D eigenvalue weighted by molar-refractivity contribution is 5.26. The lowest BCUT2D eigenvalue weighted by Crippen LogP contribution is -2.25. The summed E-state index contributed by atoms with van der Waals surface area (Å²) in [6.07, 6.45) is -2.64. The van der Waals surface area contributed by atoms with Crippen molar-refractivity contribution >= 4 is 0 Å². The third-order valence-electron chi connectivity index (χ3n) is 3.46. The first-order valence-corrected chi connectivity index (χ1v) is 6.37. The van der Waals surface area contributed by atoms with Crippen molar-refractivity contribution < 1.29 is 17.9 Å². The predicted molar refractivity (Wildman–Crippen MR) is 66.9 cm³/mol. The fourth-order valence-corrected chi connectivity index (χ4v) is 2.59. The Morgan fingerprint density at radius 3 is 2.84 bits per heavy atom.